The largest absolute Gasteiger partial charge is 0.481 e. The van der Waals surface area contributed by atoms with Crippen LogP contribution in [-0.2, 0) is 17.8 Å². The molecule has 0 amide bonds. The highest BCUT2D eigenvalue weighted by Crippen LogP contribution is 2.22. The zero-order valence-corrected chi connectivity index (χ0v) is 11.3. The molecule has 1 aromatic rings. The minimum atomic E-state index is -0.707. The van der Waals surface area contributed by atoms with Crippen LogP contribution in [0.5, 0.6) is 0 Å². The predicted octanol–water partition coefficient (Wildman–Crippen LogP) is 1.71. The van der Waals surface area contributed by atoms with Gasteiger partial charge in [-0.3, -0.25) is 9.69 Å². The standard InChI is InChI=1S/C13H21N3O3/c1-2-11-14-12(19-15-11)9-16-7-3-4-10(8-16)5-6-13(17)18/h10H,2-9H2,1H3,(H,17,18). The van der Waals surface area contributed by atoms with Crippen LogP contribution in [0.2, 0.25) is 0 Å². The molecule has 1 atom stereocenters. The molecule has 1 fully saturated rings. The Morgan fingerprint density at radius 1 is 1.58 bits per heavy atom. The van der Waals surface area contributed by atoms with Crippen molar-refractivity contribution in [1.82, 2.24) is 15.0 Å². The second kappa shape index (κ2) is 6.65. The molecule has 1 N–H and O–H groups in total. The third-order valence-electron chi connectivity index (χ3n) is 3.55. The molecule has 1 saturated heterocycles. The Labute approximate surface area is 112 Å². The summed E-state index contributed by atoms with van der Waals surface area (Å²) < 4.78 is 5.19. The molecule has 6 heteroatoms. The molecule has 2 heterocycles. The summed E-state index contributed by atoms with van der Waals surface area (Å²) in [5.41, 5.74) is 0. The Balaban J connectivity index is 1.81. The van der Waals surface area contributed by atoms with Crippen molar-refractivity contribution in [2.75, 3.05) is 13.1 Å². The van der Waals surface area contributed by atoms with Crippen LogP contribution in [0.4, 0.5) is 0 Å². The second-order valence-electron chi connectivity index (χ2n) is 5.13. The average Bonchev–Trinajstić information content (AvgIpc) is 2.84. The lowest BCUT2D eigenvalue weighted by atomic mass is 9.93. The quantitative estimate of drug-likeness (QED) is 0.845. The Morgan fingerprint density at radius 3 is 3.11 bits per heavy atom. The first-order valence-corrected chi connectivity index (χ1v) is 6.93. The smallest absolute Gasteiger partial charge is 0.303 e. The maximum atomic E-state index is 10.6. The van der Waals surface area contributed by atoms with Gasteiger partial charge in [0.15, 0.2) is 5.82 Å². The van der Waals surface area contributed by atoms with Crippen molar-refractivity contribution in [1.29, 1.82) is 0 Å². The van der Waals surface area contributed by atoms with Crippen LogP contribution in [-0.4, -0.2) is 39.2 Å². The van der Waals surface area contributed by atoms with E-state index in [4.69, 9.17) is 9.63 Å². The fourth-order valence-electron chi connectivity index (χ4n) is 2.55. The van der Waals surface area contributed by atoms with Crippen LogP contribution >= 0.6 is 0 Å². The van der Waals surface area contributed by atoms with Gasteiger partial charge in [-0.05, 0) is 31.7 Å². The minimum Gasteiger partial charge on any atom is -0.481 e. The van der Waals surface area contributed by atoms with E-state index in [9.17, 15) is 4.79 Å². The Morgan fingerprint density at radius 2 is 2.42 bits per heavy atom. The number of aromatic nitrogens is 2. The molecule has 0 radical (unpaired) electrons. The Bertz CT molecular complexity index is 419. The van der Waals surface area contributed by atoms with E-state index in [0.717, 1.165) is 44.6 Å². The summed E-state index contributed by atoms with van der Waals surface area (Å²) in [6, 6.07) is 0. The number of carboxylic acids is 1. The number of piperidine rings is 1. The highest BCUT2D eigenvalue weighted by Gasteiger charge is 2.22. The summed E-state index contributed by atoms with van der Waals surface area (Å²) >= 11 is 0. The third kappa shape index (κ3) is 4.31. The molecular weight excluding hydrogens is 246 g/mol. The van der Waals surface area contributed by atoms with Crippen LogP contribution < -0.4 is 0 Å². The number of nitrogens with zero attached hydrogens (tertiary/aromatic N) is 3. The molecule has 0 saturated carbocycles. The maximum Gasteiger partial charge on any atom is 0.303 e. The van der Waals surface area contributed by atoms with Gasteiger partial charge in [0.1, 0.15) is 0 Å². The lowest BCUT2D eigenvalue weighted by Gasteiger charge is -2.31. The molecule has 0 spiro atoms. The molecule has 106 valence electrons. The first kappa shape index (κ1) is 14.0. The molecule has 1 aliphatic heterocycles. The third-order valence-corrected chi connectivity index (χ3v) is 3.55. The number of likely N-dealkylation sites (tertiary alicyclic amines) is 1. The molecule has 19 heavy (non-hydrogen) atoms. The summed E-state index contributed by atoms with van der Waals surface area (Å²) in [6.45, 7) is 4.62. The molecule has 0 bridgehead atoms. The van der Waals surface area contributed by atoms with Crippen LogP contribution in [0.3, 0.4) is 0 Å². The Hall–Kier alpha value is -1.43. The first-order chi connectivity index (χ1) is 9.17. The van der Waals surface area contributed by atoms with E-state index in [1.54, 1.807) is 0 Å². The van der Waals surface area contributed by atoms with E-state index >= 15 is 0 Å². The zero-order valence-electron chi connectivity index (χ0n) is 11.3. The lowest BCUT2D eigenvalue weighted by molar-refractivity contribution is -0.137. The van der Waals surface area contributed by atoms with Crippen molar-refractivity contribution in [3.05, 3.63) is 11.7 Å². The zero-order chi connectivity index (χ0) is 13.7. The van der Waals surface area contributed by atoms with Gasteiger partial charge in [-0.25, -0.2) is 0 Å². The van der Waals surface area contributed by atoms with Gasteiger partial charge < -0.3 is 9.63 Å². The fraction of sp³-hybridized carbons (Fsp3) is 0.769. The summed E-state index contributed by atoms with van der Waals surface area (Å²) in [7, 11) is 0. The van der Waals surface area contributed by atoms with E-state index in [2.05, 4.69) is 15.0 Å². The van der Waals surface area contributed by atoms with Crippen molar-refractivity contribution >= 4 is 5.97 Å². The second-order valence-corrected chi connectivity index (χ2v) is 5.13. The maximum absolute atomic E-state index is 10.6. The van der Waals surface area contributed by atoms with E-state index in [1.807, 2.05) is 6.92 Å². The SMILES string of the molecule is CCc1noc(CN2CCCC(CCC(=O)O)C2)n1. The van der Waals surface area contributed by atoms with Gasteiger partial charge in [-0.2, -0.15) is 4.98 Å². The van der Waals surface area contributed by atoms with Gasteiger partial charge in [0, 0.05) is 19.4 Å². The molecule has 6 nitrogen and oxygen atoms in total. The number of carboxylic acid groups (broad SMARTS) is 1. The number of aryl methyl sites for hydroxylation is 1. The molecular formula is C13H21N3O3. The molecule has 0 aliphatic carbocycles. The van der Waals surface area contributed by atoms with Crippen molar-refractivity contribution in [3.8, 4) is 0 Å². The van der Waals surface area contributed by atoms with Crippen LogP contribution in [0.25, 0.3) is 0 Å². The monoisotopic (exact) mass is 267 g/mol. The molecule has 0 aromatic carbocycles. The molecule has 1 unspecified atom stereocenters. The van der Waals surface area contributed by atoms with Crippen LogP contribution in [0.15, 0.2) is 4.52 Å². The summed E-state index contributed by atoms with van der Waals surface area (Å²) in [5.74, 6) is 1.17. The van der Waals surface area contributed by atoms with Crippen LogP contribution in [0.1, 0.15) is 44.3 Å². The van der Waals surface area contributed by atoms with Crippen molar-refractivity contribution in [2.45, 2.75) is 45.6 Å². The lowest BCUT2D eigenvalue weighted by Crippen LogP contribution is -2.35. The summed E-state index contributed by atoms with van der Waals surface area (Å²) in [5, 5.41) is 12.6. The van der Waals surface area contributed by atoms with Gasteiger partial charge in [0.05, 0.1) is 6.54 Å². The summed E-state index contributed by atoms with van der Waals surface area (Å²) in [4.78, 5) is 17.2. The van der Waals surface area contributed by atoms with E-state index in [-0.39, 0.29) is 6.42 Å². The number of hydrogen-bond acceptors (Lipinski definition) is 5. The van der Waals surface area contributed by atoms with Gasteiger partial charge in [0.25, 0.3) is 0 Å². The minimum absolute atomic E-state index is 0.263. The summed E-state index contributed by atoms with van der Waals surface area (Å²) in [6.07, 6.45) is 4.03. The van der Waals surface area contributed by atoms with Crippen molar-refractivity contribution in [2.24, 2.45) is 5.92 Å². The fourth-order valence-corrected chi connectivity index (χ4v) is 2.55. The number of hydrogen-bond donors (Lipinski definition) is 1. The molecule has 1 aromatic heterocycles. The number of rotatable bonds is 6. The highest BCUT2D eigenvalue weighted by molar-refractivity contribution is 5.66. The van der Waals surface area contributed by atoms with Gasteiger partial charge in [-0.15, -0.1) is 0 Å². The topological polar surface area (TPSA) is 79.5 Å². The average molecular weight is 267 g/mol. The van der Waals surface area contributed by atoms with E-state index in [0.29, 0.717) is 18.4 Å². The van der Waals surface area contributed by atoms with Crippen molar-refractivity contribution in [3.63, 3.8) is 0 Å². The van der Waals surface area contributed by atoms with Gasteiger partial charge in [-0.1, -0.05) is 12.1 Å². The van der Waals surface area contributed by atoms with Gasteiger partial charge >= 0.3 is 5.97 Å². The normalized spacial score (nSPS) is 20.6. The number of aliphatic carboxylic acids is 1. The van der Waals surface area contributed by atoms with E-state index < -0.39 is 5.97 Å². The molecule has 2 rings (SSSR count). The molecule has 1 aliphatic rings. The van der Waals surface area contributed by atoms with E-state index in [1.165, 1.54) is 0 Å². The highest BCUT2D eigenvalue weighted by atomic mass is 16.5. The first-order valence-electron chi connectivity index (χ1n) is 6.93. The van der Waals surface area contributed by atoms with Gasteiger partial charge in [0.2, 0.25) is 5.89 Å². The Kier molecular flexibility index (Phi) is 4.90. The predicted molar refractivity (Wildman–Crippen MR) is 68.5 cm³/mol. The number of carbonyl (C=O) groups is 1. The van der Waals surface area contributed by atoms with Crippen LogP contribution in [0, 0.1) is 5.92 Å². The van der Waals surface area contributed by atoms with Crippen molar-refractivity contribution < 1.29 is 14.4 Å².